The summed E-state index contributed by atoms with van der Waals surface area (Å²) in [5.41, 5.74) is -1.23. The molecule has 1 aliphatic carbocycles. The molecule has 0 saturated carbocycles. The third-order valence-corrected chi connectivity index (χ3v) is 2.10. The Morgan fingerprint density at radius 1 is 1.58 bits per heavy atom. The van der Waals surface area contributed by atoms with Crippen molar-refractivity contribution in [3.63, 3.8) is 0 Å². The van der Waals surface area contributed by atoms with Gasteiger partial charge in [-0.25, -0.2) is 0 Å². The maximum atomic E-state index is 11.4. The fourth-order valence-corrected chi connectivity index (χ4v) is 1.42. The Morgan fingerprint density at radius 2 is 2.25 bits per heavy atom. The zero-order valence-corrected chi connectivity index (χ0v) is 7.58. The minimum Gasteiger partial charge on any atom is -0.376 e. The summed E-state index contributed by atoms with van der Waals surface area (Å²) >= 11 is 0. The van der Waals surface area contributed by atoms with E-state index in [9.17, 15) is 9.90 Å². The van der Waals surface area contributed by atoms with Crippen LogP contribution >= 0.6 is 0 Å². The molecule has 1 aliphatic rings. The molecule has 1 atom stereocenters. The number of nitrogens with zero attached hydrogens (tertiary/aromatic N) is 1. The highest BCUT2D eigenvalue weighted by Crippen LogP contribution is 2.23. The van der Waals surface area contributed by atoms with Crippen molar-refractivity contribution in [2.75, 3.05) is 14.1 Å². The molecule has 1 unspecified atom stereocenters. The van der Waals surface area contributed by atoms with E-state index in [1.165, 1.54) is 4.90 Å². The molecule has 0 radical (unpaired) electrons. The number of rotatable bonds is 1. The van der Waals surface area contributed by atoms with Gasteiger partial charge < -0.3 is 10.0 Å². The lowest BCUT2D eigenvalue weighted by Gasteiger charge is -2.28. The van der Waals surface area contributed by atoms with Crippen LogP contribution < -0.4 is 0 Å². The van der Waals surface area contributed by atoms with Crippen LogP contribution in [0.1, 0.15) is 19.3 Å². The first kappa shape index (κ1) is 9.26. The third-order valence-electron chi connectivity index (χ3n) is 2.10. The van der Waals surface area contributed by atoms with Crippen molar-refractivity contribution in [1.82, 2.24) is 4.90 Å². The zero-order valence-electron chi connectivity index (χ0n) is 7.58. The van der Waals surface area contributed by atoms with Crippen molar-refractivity contribution in [3.8, 4) is 0 Å². The second-order valence-electron chi connectivity index (χ2n) is 3.42. The van der Waals surface area contributed by atoms with E-state index in [1.807, 2.05) is 6.08 Å². The van der Waals surface area contributed by atoms with E-state index in [4.69, 9.17) is 0 Å². The van der Waals surface area contributed by atoms with Crippen LogP contribution in [0.2, 0.25) is 0 Å². The van der Waals surface area contributed by atoms with E-state index >= 15 is 0 Å². The predicted molar refractivity (Wildman–Crippen MR) is 46.6 cm³/mol. The first-order valence-corrected chi connectivity index (χ1v) is 4.18. The van der Waals surface area contributed by atoms with Gasteiger partial charge in [0, 0.05) is 14.1 Å². The van der Waals surface area contributed by atoms with E-state index in [0.29, 0.717) is 6.42 Å². The number of aliphatic hydroxyl groups is 1. The molecule has 0 spiro atoms. The first-order chi connectivity index (χ1) is 5.56. The lowest BCUT2D eigenvalue weighted by Crippen LogP contribution is -2.45. The molecule has 12 heavy (non-hydrogen) atoms. The predicted octanol–water partition coefficient (Wildman–Crippen LogP) is 0.546. The average Bonchev–Trinajstić information content (AvgIpc) is 2.04. The normalized spacial score (nSPS) is 28.6. The van der Waals surface area contributed by atoms with Gasteiger partial charge in [-0.3, -0.25) is 4.79 Å². The van der Waals surface area contributed by atoms with Gasteiger partial charge in [-0.15, -0.1) is 0 Å². The molecule has 0 saturated heterocycles. The molecule has 0 aliphatic heterocycles. The Bertz CT molecular complexity index is 211. The minimum absolute atomic E-state index is 0.224. The van der Waals surface area contributed by atoms with Crippen molar-refractivity contribution in [2.24, 2.45) is 0 Å². The molecule has 0 heterocycles. The number of allylic oxidation sites excluding steroid dienone is 1. The molecule has 3 nitrogen and oxygen atoms in total. The number of amides is 1. The monoisotopic (exact) mass is 169 g/mol. The average molecular weight is 169 g/mol. The van der Waals surface area contributed by atoms with Crippen molar-refractivity contribution in [3.05, 3.63) is 12.2 Å². The highest BCUT2D eigenvalue weighted by molar-refractivity contribution is 5.86. The number of hydrogen-bond donors (Lipinski definition) is 1. The summed E-state index contributed by atoms with van der Waals surface area (Å²) in [6, 6.07) is 0. The lowest BCUT2D eigenvalue weighted by molar-refractivity contribution is -0.144. The number of carbonyl (C=O) groups is 1. The van der Waals surface area contributed by atoms with Crippen LogP contribution in [-0.2, 0) is 4.79 Å². The van der Waals surface area contributed by atoms with E-state index in [2.05, 4.69) is 0 Å². The Morgan fingerprint density at radius 3 is 2.67 bits per heavy atom. The Kier molecular flexibility index (Phi) is 2.52. The fraction of sp³-hybridized carbons (Fsp3) is 0.667. The highest BCUT2D eigenvalue weighted by atomic mass is 16.3. The van der Waals surface area contributed by atoms with Gasteiger partial charge in [-0.05, 0) is 25.3 Å². The van der Waals surface area contributed by atoms with Crippen molar-refractivity contribution in [2.45, 2.75) is 24.9 Å². The van der Waals surface area contributed by atoms with Crippen LogP contribution in [-0.4, -0.2) is 35.6 Å². The summed E-state index contributed by atoms with van der Waals surface area (Å²) in [5.74, 6) is -0.224. The standard InChI is InChI=1S/C9H15NO2/c1-10(2)8(11)9(12)6-4-3-5-7-9/h4,6,12H,3,5,7H2,1-2H3. The van der Waals surface area contributed by atoms with E-state index in [-0.39, 0.29) is 5.91 Å². The molecule has 0 aromatic heterocycles. The third kappa shape index (κ3) is 1.67. The molecule has 1 amide bonds. The van der Waals surface area contributed by atoms with Gasteiger partial charge in [0.15, 0.2) is 5.60 Å². The van der Waals surface area contributed by atoms with Crippen LogP contribution in [0.15, 0.2) is 12.2 Å². The van der Waals surface area contributed by atoms with Crippen molar-refractivity contribution >= 4 is 5.91 Å². The van der Waals surface area contributed by atoms with Gasteiger partial charge >= 0.3 is 0 Å². The summed E-state index contributed by atoms with van der Waals surface area (Å²) in [5, 5.41) is 9.83. The molecule has 0 aromatic carbocycles. The summed E-state index contributed by atoms with van der Waals surface area (Å²) in [4.78, 5) is 12.9. The second-order valence-corrected chi connectivity index (χ2v) is 3.42. The molecular weight excluding hydrogens is 154 g/mol. The summed E-state index contributed by atoms with van der Waals surface area (Å²) in [7, 11) is 3.31. The van der Waals surface area contributed by atoms with Crippen molar-refractivity contribution in [1.29, 1.82) is 0 Å². The topological polar surface area (TPSA) is 40.5 Å². The molecule has 3 heteroatoms. The summed E-state index contributed by atoms with van der Waals surface area (Å²) < 4.78 is 0. The van der Waals surface area contributed by atoms with Gasteiger partial charge in [0.05, 0.1) is 0 Å². The second kappa shape index (κ2) is 3.27. The maximum absolute atomic E-state index is 11.4. The number of likely N-dealkylation sites (N-methyl/N-ethyl adjacent to an activating group) is 1. The Balaban J connectivity index is 2.76. The molecule has 0 fully saturated rings. The first-order valence-electron chi connectivity index (χ1n) is 4.18. The largest absolute Gasteiger partial charge is 0.376 e. The molecule has 0 bridgehead atoms. The van der Waals surface area contributed by atoms with Crippen LogP contribution in [0.25, 0.3) is 0 Å². The highest BCUT2D eigenvalue weighted by Gasteiger charge is 2.34. The minimum atomic E-state index is -1.23. The van der Waals surface area contributed by atoms with Gasteiger partial charge in [0.2, 0.25) is 0 Å². The fourth-order valence-electron chi connectivity index (χ4n) is 1.42. The number of carbonyl (C=O) groups excluding carboxylic acids is 1. The smallest absolute Gasteiger partial charge is 0.258 e. The van der Waals surface area contributed by atoms with E-state index < -0.39 is 5.60 Å². The molecule has 1 N–H and O–H groups in total. The van der Waals surface area contributed by atoms with Crippen LogP contribution in [0.3, 0.4) is 0 Å². The van der Waals surface area contributed by atoms with E-state index in [1.54, 1.807) is 20.2 Å². The van der Waals surface area contributed by atoms with Gasteiger partial charge in [-0.1, -0.05) is 6.08 Å². The summed E-state index contributed by atoms with van der Waals surface area (Å²) in [6.45, 7) is 0. The van der Waals surface area contributed by atoms with E-state index in [0.717, 1.165) is 12.8 Å². The Labute approximate surface area is 72.7 Å². The Hall–Kier alpha value is -0.830. The zero-order chi connectivity index (χ0) is 9.19. The quantitative estimate of drug-likeness (QED) is 0.582. The SMILES string of the molecule is CN(C)C(=O)C1(O)C=CCCC1. The van der Waals surface area contributed by atoms with Gasteiger partial charge in [0.1, 0.15) is 0 Å². The molecular formula is C9H15NO2. The van der Waals surface area contributed by atoms with Crippen LogP contribution in [0.4, 0.5) is 0 Å². The van der Waals surface area contributed by atoms with Gasteiger partial charge in [-0.2, -0.15) is 0 Å². The molecule has 68 valence electrons. The van der Waals surface area contributed by atoms with Crippen LogP contribution in [0, 0.1) is 0 Å². The van der Waals surface area contributed by atoms with Gasteiger partial charge in [0.25, 0.3) is 5.91 Å². The maximum Gasteiger partial charge on any atom is 0.258 e. The van der Waals surface area contributed by atoms with Crippen molar-refractivity contribution < 1.29 is 9.90 Å². The number of hydrogen-bond acceptors (Lipinski definition) is 2. The molecule has 1 rings (SSSR count). The van der Waals surface area contributed by atoms with Crippen LogP contribution in [0.5, 0.6) is 0 Å². The lowest BCUT2D eigenvalue weighted by atomic mass is 9.90. The molecule has 0 aromatic rings. The summed E-state index contributed by atoms with van der Waals surface area (Å²) in [6.07, 6.45) is 5.86.